The van der Waals surface area contributed by atoms with Gasteiger partial charge in [-0.2, -0.15) is 4.98 Å². The zero-order chi connectivity index (χ0) is 12.3. The number of carbonyl (C=O) groups excluding carboxylic acids is 1. The minimum Gasteiger partial charge on any atom is -0.384 e. The topological polar surface area (TPSA) is 98.1 Å². The van der Waals surface area contributed by atoms with E-state index < -0.39 is 0 Å². The van der Waals surface area contributed by atoms with Crippen molar-refractivity contribution in [2.24, 2.45) is 5.73 Å². The summed E-state index contributed by atoms with van der Waals surface area (Å²) in [6.07, 6.45) is 6.03. The van der Waals surface area contributed by atoms with Crippen molar-refractivity contribution in [3.05, 3.63) is 12.3 Å². The number of hydrogen-bond donors (Lipinski definition) is 2. The first-order chi connectivity index (χ1) is 8.16. The van der Waals surface area contributed by atoms with Gasteiger partial charge < -0.3 is 16.4 Å². The Hall–Kier alpha value is -1.85. The maximum Gasteiger partial charge on any atom is 0.237 e. The lowest BCUT2D eigenvalue weighted by Crippen LogP contribution is -2.41. The Morgan fingerprint density at radius 3 is 2.76 bits per heavy atom. The molecular formula is C11H17N5O. The van der Waals surface area contributed by atoms with E-state index in [0.29, 0.717) is 17.8 Å². The predicted octanol–water partition coefficient (Wildman–Crippen LogP) is 0.293. The van der Waals surface area contributed by atoms with Crippen LogP contribution < -0.4 is 16.4 Å². The second-order valence-electron chi connectivity index (χ2n) is 4.31. The zero-order valence-electron chi connectivity index (χ0n) is 9.67. The second-order valence-corrected chi connectivity index (χ2v) is 4.31. The average molecular weight is 235 g/mol. The molecule has 1 saturated carbocycles. The molecule has 1 aromatic rings. The van der Waals surface area contributed by atoms with Gasteiger partial charge in [0, 0.05) is 12.2 Å². The van der Waals surface area contributed by atoms with E-state index in [4.69, 9.17) is 11.5 Å². The normalized spacial score (nSPS) is 16.0. The fourth-order valence-electron chi connectivity index (χ4n) is 2.25. The summed E-state index contributed by atoms with van der Waals surface area (Å²) in [5.41, 5.74) is 10.9. The van der Waals surface area contributed by atoms with Gasteiger partial charge in [0.1, 0.15) is 5.82 Å². The first kappa shape index (κ1) is 11.6. The molecule has 0 atom stereocenters. The van der Waals surface area contributed by atoms with Crippen LogP contribution in [-0.4, -0.2) is 28.5 Å². The molecule has 0 unspecified atom stereocenters. The number of aromatic nitrogens is 2. The fourth-order valence-corrected chi connectivity index (χ4v) is 2.25. The first-order valence-corrected chi connectivity index (χ1v) is 5.80. The van der Waals surface area contributed by atoms with Crippen LogP contribution in [0.2, 0.25) is 0 Å². The van der Waals surface area contributed by atoms with Gasteiger partial charge in [0.2, 0.25) is 11.9 Å². The molecular weight excluding hydrogens is 218 g/mol. The SMILES string of the molecule is NC(=O)CN(c1nccc(N)n1)C1CCCC1. The Balaban J connectivity index is 2.22. The molecule has 6 nitrogen and oxygen atoms in total. The van der Waals surface area contributed by atoms with Crippen LogP contribution in [0.3, 0.4) is 0 Å². The lowest BCUT2D eigenvalue weighted by atomic mass is 10.2. The second kappa shape index (κ2) is 4.99. The minimum absolute atomic E-state index is 0.147. The summed E-state index contributed by atoms with van der Waals surface area (Å²) in [6.45, 7) is 0.147. The van der Waals surface area contributed by atoms with Crippen molar-refractivity contribution in [2.75, 3.05) is 17.2 Å². The van der Waals surface area contributed by atoms with Crippen molar-refractivity contribution in [3.8, 4) is 0 Å². The molecule has 1 aromatic heterocycles. The number of primary amides is 1. The monoisotopic (exact) mass is 235 g/mol. The van der Waals surface area contributed by atoms with E-state index in [9.17, 15) is 4.79 Å². The molecule has 4 N–H and O–H groups in total. The van der Waals surface area contributed by atoms with Crippen molar-refractivity contribution in [1.29, 1.82) is 0 Å². The molecule has 0 radical (unpaired) electrons. The first-order valence-electron chi connectivity index (χ1n) is 5.80. The van der Waals surface area contributed by atoms with Crippen molar-refractivity contribution < 1.29 is 4.79 Å². The van der Waals surface area contributed by atoms with Crippen LogP contribution in [0.5, 0.6) is 0 Å². The minimum atomic E-state index is -0.372. The van der Waals surface area contributed by atoms with Gasteiger partial charge in [0.15, 0.2) is 0 Å². The molecule has 0 bridgehead atoms. The molecule has 1 aliphatic carbocycles. The van der Waals surface area contributed by atoms with Gasteiger partial charge in [-0.15, -0.1) is 0 Å². The Morgan fingerprint density at radius 1 is 1.47 bits per heavy atom. The van der Waals surface area contributed by atoms with Gasteiger partial charge >= 0.3 is 0 Å². The van der Waals surface area contributed by atoms with Gasteiger partial charge in [-0.05, 0) is 18.9 Å². The van der Waals surface area contributed by atoms with Crippen LogP contribution in [0.25, 0.3) is 0 Å². The molecule has 0 saturated heterocycles. The third-order valence-electron chi connectivity index (χ3n) is 3.01. The summed E-state index contributed by atoms with van der Waals surface area (Å²) >= 11 is 0. The summed E-state index contributed by atoms with van der Waals surface area (Å²) in [4.78, 5) is 21.3. The van der Waals surface area contributed by atoms with Gasteiger partial charge in [0.25, 0.3) is 0 Å². The molecule has 0 aromatic carbocycles. The third kappa shape index (κ3) is 2.83. The number of rotatable bonds is 4. The fraction of sp³-hybridized carbons (Fsp3) is 0.545. The van der Waals surface area contributed by atoms with Gasteiger partial charge in [-0.25, -0.2) is 4.98 Å². The maximum absolute atomic E-state index is 11.1. The number of nitrogens with zero attached hydrogens (tertiary/aromatic N) is 3. The van der Waals surface area contributed by atoms with Crippen molar-refractivity contribution >= 4 is 17.7 Å². The predicted molar refractivity (Wildman–Crippen MR) is 65.2 cm³/mol. The van der Waals surface area contributed by atoms with E-state index in [1.807, 2.05) is 4.90 Å². The lowest BCUT2D eigenvalue weighted by Gasteiger charge is -2.27. The molecule has 1 heterocycles. The van der Waals surface area contributed by atoms with E-state index in [1.54, 1.807) is 12.3 Å². The number of nitrogen functional groups attached to an aromatic ring is 1. The molecule has 2 rings (SSSR count). The maximum atomic E-state index is 11.1. The van der Waals surface area contributed by atoms with E-state index >= 15 is 0 Å². The molecule has 1 amide bonds. The van der Waals surface area contributed by atoms with Gasteiger partial charge in [0.05, 0.1) is 6.54 Å². The highest BCUT2D eigenvalue weighted by atomic mass is 16.1. The third-order valence-corrected chi connectivity index (χ3v) is 3.01. The van der Waals surface area contributed by atoms with E-state index in [1.165, 1.54) is 12.8 Å². The van der Waals surface area contributed by atoms with Crippen LogP contribution in [-0.2, 0) is 4.79 Å². The summed E-state index contributed by atoms with van der Waals surface area (Å²) in [5, 5.41) is 0. The lowest BCUT2D eigenvalue weighted by molar-refractivity contribution is -0.116. The largest absolute Gasteiger partial charge is 0.384 e. The number of carbonyl (C=O) groups is 1. The Bertz CT molecular complexity index is 403. The summed E-state index contributed by atoms with van der Waals surface area (Å²) in [6, 6.07) is 1.92. The van der Waals surface area contributed by atoms with Crippen molar-refractivity contribution in [3.63, 3.8) is 0 Å². The van der Waals surface area contributed by atoms with E-state index in [2.05, 4.69) is 9.97 Å². The van der Waals surface area contributed by atoms with E-state index in [-0.39, 0.29) is 12.5 Å². The highest BCUT2D eigenvalue weighted by molar-refractivity contribution is 5.79. The van der Waals surface area contributed by atoms with Crippen molar-refractivity contribution in [1.82, 2.24) is 9.97 Å². The van der Waals surface area contributed by atoms with Crippen LogP contribution in [0.4, 0.5) is 11.8 Å². The van der Waals surface area contributed by atoms with Crippen LogP contribution in [0.15, 0.2) is 12.3 Å². The Labute approximate surface area is 100 Å². The summed E-state index contributed by atoms with van der Waals surface area (Å²) < 4.78 is 0. The van der Waals surface area contributed by atoms with Crippen LogP contribution in [0, 0.1) is 0 Å². The highest BCUT2D eigenvalue weighted by Gasteiger charge is 2.25. The van der Waals surface area contributed by atoms with Crippen LogP contribution in [0.1, 0.15) is 25.7 Å². The number of hydrogen-bond acceptors (Lipinski definition) is 5. The van der Waals surface area contributed by atoms with E-state index in [0.717, 1.165) is 12.8 Å². The Kier molecular flexibility index (Phi) is 3.41. The van der Waals surface area contributed by atoms with Gasteiger partial charge in [-0.1, -0.05) is 12.8 Å². The number of nitrogens with two attached hydrogens (primary N) is 2. The summed E-state index contributed by atoms with van der Waals surface area (Å²) in [5.74, 6) is 0.529. The molecule has 0 aliphatic heterocycles. The van der Waals surface area contributed by atoms with Crippen molar-refractivity contribution in [2.45, 2.75) is 31.7 Å². The Morgan fingerprint density at radius 2 is 2.18 bits per heavy atom. The molecule has 6 heteroatoms. The number of anilines is 2. The standard InChI is InChI=1S/C11H17N5O/c12-9-5-6-14-11(15-9)16(7-10(13)17)8-3-1-2-4-8/h5-6,8H,1-4,7H2,(H2,13,17)(H2,12,14,15). The molecule has 92 valence electrons. The average Bonchev–Trinajstić information content (AvgIpc) is 2.79. The molecule has 0 spiro atoms. The quantitative estimate of drug-likeness (QED) is 0.781. The van der Waals surface area contributed by atoms with Gasteiger partial charge in [-0.3, -0.25) is 4.79 Å². The summed E-state index contributed by atoms with van der Waals surface area (Å²) in [7, 11) is 0. The molecule has 1 fully saturated rings. The highest BCUT2D eigenvalue weighted by Crippen LogP contribution is 2.26. The zero-order valence-corrected chi connectivity index (χ0v) is 9.67. The molecule has 1 aliphatic rings. The molecule has 17 heavy (non-hydrogen) atoms. The van der Waals surface area contributed by atoms with Crippen LogP contribution >= 0.6 is 0 Å². The number of amides is 1. The smallest absolute Gasteiger partial charge is 0.237 e.